The minimum absolute atomic E-state index is 0.0302. The lowest BCUT2D eigenvalue weighted by atomic mass is 10.0. The van der Waals surface area contributed by atoms with Gasteiger partial charge in [0, 0.05) is 16.6 Å². The molecule has 25 heavy (non-hydrogen) atoms. The van der Waals surface area contributed by atoms with E-state index in [2.05, 4.69) is 13.5 Å². The normalized spacial score (nSPS) is 11.0. The summed E-state index contributed by atoms with van der Waals surface area (Å²) in [6.07, 6.45) is 9.44. The van der Waals surface area contributed by atoms with Crippen LogP contribution in [0.3, 0.4) is 0 Å². The van der Waals surface area contributed by atoms with Crippen LogP contribution in [0, 0.1) is 6.92 Å². The summed E-state index contributed by atoms with van der Waals surface area (Å²) in [4.78, 5) is 24.7. The monoisotopic (exact) mass is 339 g/mol. The molecule has 3 nitrogen and oxygen atoms in total. The molecule has 3 heteroatoms. The quantitative estimate of drug-likeness (QED) is 0.453. The third kappa shape index (κ3) is 4.68. The van der Waals surface area contributed by atoms with Gasteiger partial charge in [-0.15, -0.1) is 0 Å². The van der Waals surface area contributed by atoms with E-state index in [1.165, 1.54) is 31.8 Å². The van der Waals surface area contributed by atoms with E-state index < -0.39 is 0 Å². The smallest absolute Gasteiger partial charge is 0.192 e. The third-order valence-corrected chi connectivity index (χ3v) is 4.85. The molecule has 0 bridgehead atoms. The summed E-state index contributed by atoms with van der Waals surface area (Å²) in [6.45, 7) is 7.93. The van der Waals surface area contributed by atoms with E-state index in [1.54, 1.807) is 0 Å². The number of para-hydroxylation sites is 1. The number of pyridine rings is 1. The predicted octanol–water partition coefficient (Wildman–Crippen LogP) is 4.97. The average Bonchev–Trinajstić information content (AvgIpc) is 2.64. The predicted molar refractivity (Wildman–Crippen MR) is 105 cm³/mol. The van der Waals surface area contributed by atoms with Crippen LogP contribution in [-0.4, -0.2) is 10.4 Å². The van der Waals surface area contributed by atoms with Gasteiger partial charge in [0.15, 0.2) is 11.2 Å². The Bertz CT molecular complexity index is 802. The Morgan fingerprint density at radius 3 is 2.52 bits per heavy atom. The van der Waals surface area contributed by atoms with Gasteiger partial charge in [-0.2, -0.15) is 0 Å². The van der Waals surface area contributed by atoms with Gasteiger partial charge < -0.3 is 4.57 Å². The number of rotatable bonds is 10. The lowest BCUT2D eigenvalue weighted by molar-refractivity contribution is -0.115. The van der Waals surface area contributed by atoms with Crippen molar-refractivity contribution in [2.24, 2.45) is 0 Å². The molecule has 0 atom stereocenters. The fourth-order valence-electron chi connectivity index (χ4n) is 3.38. The molecular weight excluding hydrogens is 310 g/mol. The molecule has 0 aliphatic carbocycles. The molecule has 0 aliphatic heterocycles. The number of hydrogen-bond acceptors (Lipinski definition) is 2. The van der Waals surface area contributed by atoms with E-state index in [0.29, 0.717) is 5.39 Å². The number of ketones is 1. The van der Waals surface area contributed by atoms with Gasteiger partial charge in [0.2, 0.25) is 0 Å². The van der Waals surface area contributed by atoms with Crippen molar-refractivity contribution in [1.82, 2.24) is 4.57 Å². The minimum Gasteiger partial charge on any atom is -0.336 e. The van der Waals surface area contributed by atoms with Gasteiger partial charge in [-0.3, -0.25) is 9.59 Å². The summed E-state index contributed by atoms with van der Waals surface area (Å²) >= 11 is 0. The molecule has 0 unspecified atom stereocenters. The molecule has 0 fully saturated rings. The van der Waals surface area contributed by atoms with Gasteiger partial charge in [0.05, 0.1) is 12.1 Å². The number of carbonyl (C=O) groups is 1. The highest BCUT2D eigenvalue weighted by atomic mass is 16.1. The molecule has 0 aliphatic rings. The number of benzene rings is 1. The van der Waals surface area contributed by atoms with Crippen LogP contribution in [-0.2, 0) is 17.8 Å². The summed E-state index contributed by atoms with van der Waals surface area (Å²) < 4.78 is 2.02. The molecular formula is C22H29NO2. The summed E-state index contributed by atoms with van der Waals surface area (Å²) in [7, 11) is 0. The van der Waals surface area contributed by atoms with Gasteiger partial charge >= 0.3 is 0 Å². The van der Waals surface area contributed by atoms with Crippen LogP contribution in [0.4, 0.5) is 0 Å². The van der Waals surface area contributed by atoms with Gasteiger partial charge in [-0.25, -0.2) is 0 Å². The van der Waals surface area contributed by atoms with Crippen molar-refractivity contribution in [3.63, 3.8) is 0 Å². The number of carbonyl (C=O) groups excluding carboxylic acids is 1. The molecule has 2 aromatic rings. The largest absolute Gasteiger partial charge is 0.336 e. The topological polar surface area (TPSA) is 39.1 Å². The van der Waals surface area contributed by atoms with Crippen molar-refractivity contribution in [2.75, 3.05) is 0 Å². The lowest BCUT2D eigenvalue weighted by Crippen LogP contribution is -2.21. The summed E-state index contributed by atoms with van der Waals surface area (Å²) in [6, 6.07) is 7.56. The van der Waals surface area contributed by atoms with Gasteiger partial charge in [0.1, 0.15) is 0 Å². The van der Waals surface area contributed by atoms with Crippen LogP contribution in [0.1, 0.15) is 56.7 Å². The van der Waals surface area contributed by atoms with Crippen molar-refractivity contribution in [3.8, 4) is 0 Å². The number of nitrogens with zero attached hydrogens (tertiary/aromatic N) is 1. The lowest BCUT2D eigenvalue weighted by Gasteiger charge is -2.18. The minimum atomic E-state index is -0.0302. The Morgan fingerprint density at radius 1 is 1.12 bits per heavy atom. The second kappa shape index (κ2) is 9.36. The molecule has 0 spiro atoms. The first-order valence-electron chi connectivity index (χ1n) is 9.36. The Labute approximate surface area is 150 Å². The molecule has 0 amide bonds. The molecule has 134 valence electrons. The number of aromatic nitrogens is 1. The maximum Gasteiger partial charge on any atom is 0.192 e. The first-order valence-corrected chi connectivity index (χ1v) is 9.36. The Morgan fingerprint density at radius 2 is 1.80 bits per heavy atom. The zero-order valence-electron chi connectivity index (χ0n) is 15.5. The van der Waals surface area contributed by atoms with Crippen LogP contribution in [0.25, 0.3) is 10.9 Å². The molecule has 0 saturated heterocycles. The second-order valence-electron chi connectivity index (χ2n) is 6.69. The molecule has 2 rings (SSSR count). The van der Waals surface area contributed by atoms with Gasteiger partial charge in [0.25, 0.3) is 0 Å². The fourth-order valence-corrected chi connectivity index (χ4v) is 3.38. The maximum atomic E-state index is 12.7. The van der Waals surface area contributed by atoms with Crippen molar-refractivity contribution in [3.05, 3.63) is 58.4 Å². The molecule has 0 N–H and O–H groups in total. The van der Waals surface area contributed by atoms with Crippen molar-refractivity contribution >= 4 is 16.7 Å². The number of allylic oxidation sites excluding steroid dienone is 1. The van der Waals surface area contributed by atoms with Crippen molar-refractivity contribution in [2.45, 2.75) is 65.3 Å². The molecule has 1 heterocycles. The highest BCUT2D eigenvalue weighted by Gasteiger charge is 2.14. The van der Waals surface area contributed by atoms with Crippen LogP contribution >= 0.6 is 0 Å². The average molecular weight is 339 g/mol. The van der Waals surface area contributed by atoms with E-state index in [4.69, 9.17) is 0 Å². The Hall–Kier alpha value is -2.16. The SMILES string of the molecule is C=CC(=O)Cn1c(CCCCCCCC)c(C)c(=O)c2ccccc21. The Kier molecular flexibility index (Phi) is 7.17. The highest BCUT2D eigenvalue weighted by molar-refractivity contribution is 5.90. The zero-order chi connectivity index (χ0) is 18.2. The summed E-state index contributed by atoms with van der Waals surface area (Å²) in [5.41, 5.74) is 2.69. The molecule has 0 radical (unpaired) electrons. The van der Waals surface area contributed by atoms with E-state index >= 15 is 0 Å². The standard InChI is InChI=1S/C22H29NO2/c1-4-6-7-8-9-10-14-20-17(3)22(25)19-13-11-12-15-21(19)23(20)16-18(24)5-2/h5,11-13,15H,2,4,6-10,14,16H2,1,3H3. The van der Waals surface area contributed by atoms with Crippen LogP contribution < -0.4 is 5.43 Å². The number of unbranched alkanes of at least 4 members (excludes halogenated alkanes) is 5. The summed E-state index contributed by atoms with van der Waals surface area (Å²) in [5, 5.41) is 0.684. The van der Waals surface area contributed by atoms with E-state index in [-0.39, 0.29) is 17.8 Å². The molecule has 0 saturated carbocycles. The summed E-state index contributed by atoms with van der Waals surface area (Å²) in [5.74, 6) is -0.0302. The fraction of sp³-hybridized carbons (Fsp3) is 0.455. The van der Waals surface area contributed by atoms with Gasteiger partial charge in [-0.05, 0) is 38.0 Å². The molecule has 1 aromatic carbocycles. The third-order valence-electron chi connectivity index (χ3n) is 4.85. The van der Waals surface area contributed by atoms with Crippen LogP contribution in [0.15, 0.2) is 41.7 Å². The van der Waals surface area contributed by atoms with Crippen molar-refractivity contribution < 1.29 is 4.79 Å². The van der Waals surface area contributed by atoms with Crippen LogP contribution in [0.2, 0.25) is 0 Å². The maximum absolute atomic E-state index is 12.7. The first-order chi connectivity index (χ1) is 12.1. The van der Waals surface area contributed by atoms with Crippen LogP contribution in [0.5, 0.6) is 0 Å². The molecule has 1 aromatic heterocycles. The number of fused-ring (bicyclic) bond motifs is 1. The van der Waals surface area contributed by atoms with Gasteiger partial charge in [-0.1, -0.05) is 57.7 Å². The van der Waals surface area contributed by atoms with Crippen molar-refractivity contribution in [1.29, 1.82) is 0 Å². The highest BCUT2D eigenvalue weighted by Crippen LogP contribution is 2.19. The van der Waals surface area contributed by atoms with E-state index in [0.717, 1.165) is 36.0 Å². The van der Waals surface area contributed by atoms with E-state index in [1.807, 2.05) is 35.8 Å². The van der Waals surface area contributed by atoms with E-state index in [9.17, 15) is 9.59 Å². The number of hydrogen-bond donors (Lipinski definition) is 0. The first kappa shape index (κ1) is 19.2. The zero-order valence-corrected chi connectivity index (χ0v) is 15.5. The Balaban J connectivity index is 2.34. The second-order valence-corrected chi connectivity index (χ2v) is 6.69.